The van der Waals surface area contributed by atoms with Gasteiger partial charge >= 0.3 is 12.1 Å². The van der Waals surface area contributed by atoms with Gasteiger partial charge in [-0.05, 0) is 17.2 Å². The lowest BCUT2D eigenvalue weighted by Gasteiger charge is -2.23. The summed E-state index contributed by atoms with van der Waals surface area (Å²) in [6.07, 6.45) is -3.45. The number of likely N-dealkylation sites (N-methyl/N-ethyl adjacent to an activating group) is 1. The molecule has 1 aromatic carbocycles. The third kappa shape index (κ3) is 5.38. The first kappa shape index (κ1) is 25.2. The molecule has 2 N–H and O–H groups in total. The molecule has 1 saturated heterocycles. The Labute approximate surface area is 194 Å². The number of nitrogens with zero attached hydrogens (tertiary/aromatic N) is 4. The van der Waals surface area contributed by atoms with Crippen LogP contribution in [0, 0.1) is 5.92 Å². The first-order valence-electron chi connectivity index (χ1n) is 10.5. The molecule has 0 radical (unpaired) electrons. The summed E-state index contributed by atoms with van der Waals surface area (Å²) in [5.41, 5.74) is 3.03. The van der Waals surface area contributed by atoms with Crippen LogP contribution < -0.4 is 5.32 Å². The number of carbonyl (C=O) groups excluding carboxylic acids is 2. The number of amides is 2. The molecule has 3 atom stereocenters. The molecule has 2 amide bonds. The molecule has 1 aromatic heterocycles. The molecule has 4 rings (SSSR count). The number of halogens is 3. The monoisotopic (exact) mass is 481 g/mol. The van der Waals surface area contributed by atoms with E-state index in [9.17, 15) is 22.8 Å². The number of benzene rings is 1. The van der Waals surface area contributed by atoms with E-state index in [1.54, 1.807) is 43.0 Å². The van der Waals surface area contributed by atoms with Crippen LogP contribution in [0.2, 0.25) is 0 Å². The highest BCUT2D eigenvalue weighted by molar-refractivity contribution is 5.92. The van der Waals surface area contributed by atoms with Crippen molar-refractivity contribution in [2.75, 3.05) is 33.7 Å². The van der Waals surface area contributed by atoms with Gasteiger partial charge in [0.25, 0.3) is 5.91 Å². The largest absolute Gasteiger partial charge is 0.490 e. The molecule has 9 nitrogen and oxygen atoms in total. The zero-order valence-corrected chi connectivity index (χ0v) is 18.9. The number of aryl methyl sites for hydroxylation is 1. The molecule has 184 valence electrons. The average Bonchev–Trinajstić information content (AvgIpc) is 3.43. The number of aliphatic carboxylic acids is 1. The van der Waals surface area contributed by atoms with Crippen LogP contribution in [0.15, 0.2) is 36.5 Å². The Morgan fingerprint density at radius 1 is 1.15 bits per heavy atom. The van der Waals surface area contributed by atoms with Crippen molar-refractivity contribution in [1.29, 1.82) is 0 Å². The summed E-state index contributed by atoms with van der Waals surface area (Å²) in [5, 5.41) is 14.4. The maximum atomic E-state index is 12.8. The molecular weight excluding hydrogens is 455 g/mol. The maximum Gasteiger partial charge on any atom is 0.490 e. The second kappa shape index (κ2) is 9.84. The first-order valence-corrected chi connectivity index (χ1v) is 10.5. The number of carboxylic acids is 1. The van der Waals surface area contributed by atoms with Crippen LogP contribution in [0.1, 0.15) is 33.6 Å². The van der Waals surface area contributed by atoms with E-state index in [4.69, 9.17) is 9.90 Å². The number of alkyl halides is 3. The highest BCUT2D eigenvalue weighted by Gasteiger charge is 2.47. The van der Waals surface area contributed by atoms with Gasteiger partial charge in [-0.3, -0.25) is 19.2 Å². The minimum Gasteiger partial charge on any atom is -0.475 e. The van der Waals surface area contributed by atoms with E-state index in [2.05, 4.69) is 33.5 Å². The van der Waals surface area contributed by atoms with Gasteiger partial charge in [0.2, 0.25) is 5.91 Å². The standard InChI is InChI=1S/C20H25N5O2.C2HF3O2/c1-23(2)18(26)12-25-10-15-13-6-4-5-7-14(13)19(16(15)11-25)22-20(27)17-8-9-21-24(17)3;3-2(4,5)1(6)7/h4-9,15-16,19H,10-12H2,1-3H3,(H,22,27);(H,6,7)/t15-,16-,19+;/m0./s1. The number of carbonyl (C=O) groups is 3. The smallest absolute Gasteiger partial charge is 0.475 e. The van der Waals surface area contributed by atoms with Gasteiger partial charge in [0, 0.05) is 52.3 Å². The van der Waals surface area contributed by atoms with Gasteiger partial charge in [0.15, 0.2) is 0 Å². The van der Waals surface area contributed by atoms with Gasteiger partial charge in [-0.1, -0.05) is 24.3 Å². The number of rotatable bonds is 4. The highest BCUT2D eigenvalue weighted by atomic mass is 19.4. The number of carboxylic acid groups (broad SMARTS) is 1. The number of hydrogen-bond donors (Lipinski definition) is 2. The van der Waals surface area contributed by atoms with Crippen molar-refractivity contribution >= 4 is 17.8 Å². The van der Waals surface area contributed by atoms with Gasteiger partial charge in [-0.25, -0.2) is 4.79 Å². The molecular formula is C22H26F3N5O4. The summed E-state index contributed by atoms with van der Waals surface area (Å²) < 4.78 is 33.3. The fourth-order valence-corrected chi connectivity index (χ4v) is 4.40. The van der Waals surface area contributed by atoms with E-state index in [-0.39, 0.29) is 23.8 Å². The normalized spacial score (nSPS) is 21.2. The Hall–Kier alpha value is -3.41. The molecule has 0 spiro atoms. The van der Waals surface area contributed by atoms with Crippen molar-refractivity contribution in [3.63, 3.8) is 0 Å². The van der Waals surface area contributed by atoms with Crippen molar-refractivity contribution in [2.24, 2.45) is 13.0 Å². The molecule has 34 heavy (non-hydrogen) atoms. The van der Waals surface area contributed by atoms with Crippen molar-refractivity contribution in [3.05, 3.63) is 53.3 Å². The number of nitrogens with one attached hydrogen (secondary N) is 1. The molecule has 1 fully saturated rings. The van der Waals surface area contributed by atoms with E-state index in [1.807, 2.05) is 6.07 Å². The molecule has 1 aliphatic carbocycles. The average molecular weight is 481 g/mol. The summed E-state index contributed by atoms with van der Waals surface area (Å²) in [4.78, 5) is 37.6. The fourth-order valence-electron chi connectivity index (χ4n) is 4.40. The topological polar surface area (TPSA) is 108 Å². The van der Waals surface area contributed by atoms with Crippen LogP contribution in [0.3, 0.4) is 0 Å². The van der Waals surface area contributed by atoms with Crippen LogP contribution in [0.4, 0.5) is 13.2 Å². The Kier molecular flexibility index (Phi) is 7.29. The Bertz CT molecular complexity index is 1070. The summed E-state index contributed by atoms with van der Waals surface area (Å²) in [5.74, 6) is -2.15. The van der Waals surface area contributed by atoms with E-state index in [0.717, 1.165) is 13.1 Å². The van der Waals surface area contributed by atoms with Gasteiger partial charge in [-0.2, -0.15) is 18.3 Å². The van der Waals surface area contributed by atoms with Crippen molar-refractivity contribution in [1.82, 2.24) is 24.9 Å². The van der Waals surface area contributed by atoms with Crippen LogP contribution >= 0.6 is 0 Å². The van der Waals surface area contributed by atoms with Crippen molar-refractivity contribution in [3.8, 4) is 0 Å². The predicted molar refractivity (Wildman–Crippen MR) is 115 cm³/mol. The predicted octanol–water partition coefficient (Wildman–Crippen LogP) is 1.64. The Balaban J connectivity index is 0.000000406. The second-order valence-corrected chi connectivity index (χ2v) is 8.48. The van der Waals surface area contributed by atoms with Crippen LogP contribution in [-0.2, 0) is 16.6 Å². The molecule has 2 heterocycles. The van der Waals surface area contributed by atoms with Crippen LogP contribution in [-0.4, -0.2) is 82.4 Å². The van der Waals surface area contributed by atoms with E-state index >= 15 is 0 Å². The van der Waals surface area contributed by atoms with Crippen LogP contribution in [0.5, 0.6) is 0 Å². The van der Waals surface area contributed by atoms with Crippen molar-refractivity contribution in [2.45, 2.75) is 18.1 Å². The molecule has 2 aliphatic rings. The molecule has 12 heteroatoms. The third-order valence-electron chi connectivity index (χ3n) is 6.04. The molecule has 0 bridgehead atoms. The molecule has 0 unspecified atom stereocenters. The number of likely N-dealkylation sites (tertiary alicyclic amines) is 1. The Morgan fingerprint density at radius 3 is 2.29 bits per heavy atom. The number of hydrogen-bond acceptors (Lipinski definition) is 5. The molecule has 1 aliphatic heterocycles. The zero-order chi connectivity index (χ0) is 25.2. The third-order valence-corrected chi connectivity index (χ3v) is 6.04. The summed E-state index contributed by atoms with van der Waals surface area (Å²) >= 11 is 0. The second-order valence-electron chi connectivity index (χ2n) is 8.48. The van der Waals surface area contributed by atoms with Gasteiger partial charge in [0.05, 0.1) is 12.6 Å². The van der Waals surface area contributed by atoms with Crippen LogP contribution in [0.25, 0.3) is 0 Å². The van der Waals surface area contributed by atoms with E-state index in [0.29, 0.717) is 18.2 Å². The lowest BCUT2D eigenvalue weighted by molar-refractivity contribution is -0.192. The SMILES string of the molecule is CN(C)C(=O)CN1C[C@@H]2[C@H](NC(=O)c3ccnn3C)c3ccccc3[C@@H]2C1.O=C(O)C(F)(F)F. The first-order chi connectivity index (χ1) is 15.9. The maximum absolute atomic E-state index is 12.8. The molecule has 0 saturated carbocycles. The number of aromatic nitrogens is 2. The summed E-state index contributed by atoms with van der Waals surface area (Å²) in [6.45, 7) is 2.07. The van der Waals surface area contributed by atoms with E-state index in [1.165, 1.54) is 11.1 Å². The van der Waals surface area contributed by atoms with Gasteiger partial charge in [0.1, 0.15) is 5.69 Å². The van der Waals surface area contributed by atoms with E-state index < -0.39 is 12.1 Å². The lowest BCUT2D eigenvalue weighted by atomic mass is 9.94. The lowest BCUT2D eigenvalue weighted by Crippen LogP contribution is -2.37. The van der Waals surface area contributed by atoms with Crippen molar-refractivity contribution < 1.29 is 32.7 Å². The number of fused-ring (bicyclic) bond motifs is 3. The highest BCUT2D eigenvalue weighted by Crippen LogP contribution is 2.49. The minimum atomic E-state index is -5.08. The fraction of sp³-hybridized carbons (Fsp3) is 0.455. The molecule has 2 aromatic rings. The Morgan fingerprint density at radius 2 is 1.76 bits per heavy atom. The summed E-state index contributed by atoms with van der Waals surface area (Å²) in [6, 6.07) is 10.0. The summed E-state index contributed by atoms with van der Waals surface area (Å²) in [7, 11) is 5.33. The quantitative estimate of drug-likeness (QED) is 0.688. The zero-order valence-electron chi connectivity index (χ0n) is 18.9. The van der Waals surface area contributed by atoms with Gasteiger partial charge < -0.3 is 15.3 Å². The minimum absolute atomic E-state index is 0.0481. The van der Waals surface area contributed by atoms with Gasteiger partial charge in [-0.15, -0.1) is 0 Å².